The van der Waals surface area contributed by atoms with E-state index in [-0.39, 0.29) is 13.0 Å². The van der Waals surface area contributed by atoms with Gasteiger partial charge in [0.05, 0.1) is 6.42 Å². The fraction of sp³-hybridized carbons (Fsp3) is 0.909. The number of hydrogen-bond donors (Lipinski definition) is 1. The lowest BCUT2D eigenvalue weighted by Gasteiger charge is -2.35. The van der Waals surface area contributed by atoms with E-state index in [0.29, 0.717) is 13.1 Å². The van der Waals surface area contributed by atoms with Crippen LogP contribution in [0.5, 0.6) is 0 Å². The molecule has 1 fully saturated rings. The van der Waals surface area contributed by atoms with Crippen LogP contribution in [-0.2, 0) is 15.0 Å². The molecule has 0 saturated carbocycles. The van der Waals surface area contributed by atoms with Crippen LogP contribution in [0.4, 0.5) is 0 Å². The van der Waals surface area contributed by atoms with Crippen LogP contribution in [0.15, 0.2) is 0 Å². The van der Waals surface area contributed by atoms with E-state index in [9.17, 15) is 13.2 Å². The number of nitrogens with zero attached hydrogens (tertiary/aromatic N) is 3. The largest absolute Gasteiger partial charge is 0.481 e. The summed E-state index contributed by atoms with van der Waals surface area (Å²) in [5, 5.41) is 8.59. The van der Waals surface area contributed by atoms with Crippen LogP contribution in [0, 0.1) is 0 Å². The molecule has 1 N–H and O–H groups in total. The molecule has 0 bridgehead atoms. The van der Waals surface area contributed by atoms with Crippen LogP contribution < -0.4 is 0 Å². The van der Waals surface area contributed by atoms with E-state index >= 15 is 0 Å². The zero-order valence-electron chi connectivity index (χ0n) is 11.6. The zero-order valence-corrected chi connectivity index (χ0v) is 12.4. The van der Waals surface area contributed by atoms with E-state index in [1.807, 2.05) is 0 Å². The Hall–Kier alpha value is -0.700. The Morgan fingerprint density at radius 3 is 2.32 bits per heavy atom. The van der Waals surface area contributed by atoms with Gasteiger partial charge in [0, 0.05) is 39.8 Å². The fourth-order valence-corrected chi connectivity index (χ4v) is 3.41. The van der Waals surface area contributed by atoms with Gasteiger partial charge in [-0.3, -0.25) is 4.79 Å². The summed E-state index contributed by atoms with van der Waals surface area (Å²) >= 11 is 0. The van der Waals surface area contributed by atoms with Crippen molar-refractivity contribution < 1.29 is 18.3 Å². The molecule has 0 aromatic carbocycles. The van der Waals surface area contributed by atoms with E-state index in [4.69, 9.17) is 5.11 Å². The van der Waals surface area contributed by atoms with Gasteiger partial charge in [-0.05, 0) is 13.0 Å². The zero-order chi connectivity index (χ0) is 14.5. The van der Waals surface area contributed by atoms with E-state index in [1.165, 1.54) is 11.4 Å². The number of piperazine rings is 1. The van der Waals surface area contributed by atoms with Gasteiger partial charge in [-0.2, -0.15) is 17.0 Å². The number of carboxylic acid groups (broad SMARTS) is 1. The molecule has 1 aliphatic rings. The first-order chi connectivity index (χ1) is 8.87. The first-order valence-corrected chi connectivity index (χ1v) is 7.93. The summed E-state index contributed by atoms with van der Waals surface area (Å²) in [7, 11) is -2.09. The first kappa shape index (κ1) is 16.4. The molecule has 19 heavy (non-hydrogen) atoms. The minimum Gasteiger partial charge on any atom is -0.481 e. The van der Waals surface area contributed by atoms with Gasteiger partial charge in [-0.25, -0.2) is 0 Å². The first-order valence-electron chi connectivity index (χ1n) is 6.53. The Labute approximate surface area is 115 Å². The molecular formula is C11H23N3O4S. The van der Waals surface area contributed by atoms with Crippen LogP contribution in [0.25, 0.3) is 0 Å². The highest BCUT2D eigenvalue weighted by atomic mass is 32.2. The molecule has 112 valence electrons. The van der Waals surface area contributed by atoms with Gasteiger partial charge >= 0.3 is 5.97 Å². The van der Waals surface area contributed by atoms with Gasteiger partial charge < -0.3 is 10.0 Å². The number of aliphatic carboxylic acids is 1. The predicted octanol–water partition coefficient (Wildman–Crippen LogP) is -0.335. The van der Waals surface area contributed by atoms with Crippen molar-refractivity contribution in [3.8, 4) is 0 Å². The number of hydrogen-bond acceptors (Lipinski definition) is 4. The van der Waals surface area contributed by atoms with Crippen molar-refractivity contribution in [3.63, 3.8) is 0 Å². The molecule has 0 aromatic rings. The number of rotatable bonds is 7. The van der Waals surface area contributed by atoms with E-state index in [1.54, 1.807) is 0 Å². The van der Waals surface area contributed by atoms with Crippen LogP contribution in [-0.4, -0.2) is 79.3 Å². The van der Waals surface area contributed by atoms with Crippen LogP contribution in [0.2, 0.25) is 0 Å². The molecule has 0 atom stereocenters. The molecule has 0 unspecified atom stereocenters. The molecule has 8 heteroatoms. The fourth-order valence-electron chi connectivity index (χ4n) is 2.07. The number of carbonyl (C=O) groups is 1. The van der Waals surface area contributed by atoms with Gasteiger partial charge in [0.25, 0.3) is 10.2 Å². The number of carboxylic acids is 1. The highest BCUT2D eigenvalue weighted by molar-refractivity contribution is 7.86. The Morgan fingerprint density at radius 2 is 1.84 bits per heavy atom. The van der Waals surface area contributed by atoms with Gasteiger partial charge in [0.15, 0.2) is 0 Å². The Bertz CT molecular complexity index is 391. The molecule has 0 radical (unpaired) electrons. The normalized spacial score (nSPS) is 18.9. The molecule has 1 rings (SSSR count). The van der Waals surface area contributed by atoms with Gasteiger partial charge in [-0.15, -0.1) is 0 Å². The Kier molecular flexibility index (Phi) is 6.18. The van der Waals surface area contributed by atoms with Crippen molar-refractivity contribution in [3.05, 3.63) is 0 Å². The van der Waals surface area contributed by atoms with Crippen LogP contribution in [0.1, 0.15) is 19.8 Å². The van der Waals surface area contributed by atoms with E-state index < -0.39 is 16.2 Å². The SMILES string of the molecule is CCCN1CCN(S(=O)(=O)N(C)CCC(=O)O)CC1. The third-order valence-electron chi connectivity index (χ3n) is 3.23. The summed E-state index contributed by atoms with van der Waals surface area (Å²) in [5.74, 6) is -0.991. The molecule has 1 aliphatic heterocycles. The summed E-state index contributed by atoms with van der Waals surface area (Å²) in [5.41, 5.74) is 0. The van der Waals surface area contributed by atoms with Crippen molar-refractivity contribution >= 4 is 16.2 Å². The summed E-state index contributed by atoms with van der Waals surface area (Å²) < 4.78 is 27.0. The maximum absolute atomic E-state index is 12.2. The molecule has 1 saturated heterocycles. The molecule has 0 spiro atoms. The third-order valence-corrected chi connectivity index (χ3v) is 5.22. The topological polar surface area (TPSA) is 81.2 Å². The van der Waals surface area contributed by atoms with Gasteiger partial charge in [0.2, 0.25) is 0 Å². The molecule has 0 amide bonds. The van der Waals surface area contributed by atoms with Gasteiger partial charge in [-0.1, -0.05) is 6.92 Å². The third kappa shape index (κ3) is 4.72. The monoisotopic (exact) mass is 293 g/mol. The average Bonchev–Trinajstić information content (AvgIpc) is 2.36. The maximum atomic E-state index is 12.2. The molecule has 0 aliphatic carbocycles. The molecular weight excluding hydrogens is 270 g/mol. The van der Waals surface area contributed by atoms with Crippen molar-refractivity contribution in [2.45, 2.75) is 19.8 Å². The lowest BCUT2D eigenvalue weighted by molar-refractivity contribution is -0.137. The van der Waals surface area contributed by atoms with Crippen molar-refractivity contribution in [1.82, 2.24) is 13.5 Å². The lowest BCUT2D eigenvalue weighted by atomic mass is 10.3. The van der Waals surface area contributed by atoms with Crippen molar-refractivity contribution in [2.75, 3.05) is 46.3 Å². The van der Waals surface area contributed by atoms with Crippen molar-refractivity contribution in [1.29, 1.82) is 0 Å². The lowest BCUT2D eigenvalue weighted by Crippen LogP contribution is -2.52. The highest BCUT2D eigenvalue weighted by Gasteiger charge is 2.30. The second-order valence-corrected chi connectivity index (χ2v) is 6.75. The van der Waals surface area contributed by atoms with E-state index in [0.717, 1.165) is 30.4 Å². The summed E-state index contributed by atoms with van der Waals surface area (Å²) in [4.78, 5) is 12.7. The minimum atomic E-state index is -3.52. The van der Waals surface area contributed by atoms with Gasteiger partial charge in [0.1, 0.15) is 0 Å². The maximum Gasteiger partial charge on any atom is 0.304 e. The second-order valence-electron chi connectivity index (χ2n) is 4.71. The summed E-state index contributed by atoms with van der Waals surface area (Å²) in [6.45, 7) is 5.51. The quantitative estimate of drug-likeness (QED) is 0.695. The molecule has 0 aromatic heterocycles. The summed E-state index contributed by atoms with van der Waals surface area (Å²) in [6.07, 6.45) is 0.886. The Balaban J connectivity index is 2.52. The summed E-state index contributed by atoms with van der Waals surface area (Å²) in [6, 6.07) is 0. The molecule has 1 heterocycles. The standard InChI is InChI=1S/C11H23N3O4S/c1-3-5-13-7-9-14(10-8-13)19(17,18)12(2)6-4-11(15)16/h3-10H2,1-2H3,(H,15,16). The second kappa shape index (κ2) is 7.18. The van der Waals surface area contributed by atoms with E-state index in [2.05, 4.69) is 11.8 Å². The smallest absolute Gasteiger partial charge is 0.304 e. The van der Waals surface area contributed by atoms with Crippen LogP contribution >= 0.6 is 0 Å². The minimum absolute atomic E-state index is 0.00679. The highest BCUT2D eigenvalue weighted by Crippen LogP contribution is 2.11. The molecule has 7 nitrogen and oxygen atoms in total. The van der Waals surface area contributed by atoms with Crippen molar-refractivity contribution in [2.24, 2.45) is 0 Å². The average molecular weight is 293 g/mol. The predicted molar refractivity (Wildman–Crippen MR) is 72.1 cm³/mol. The van der Waals surface area contributed by atoms with Crippen LogP contribution in [0.3, 0.4) is 0 Å². The Morgan fingerprint density at radius 1 is 1.26 bits per heavy atom.